The van der Waals surface area contributed by atoms with Gasteiger partial charge in [-0.05, 0) is 7.05 Å². The Morgan fingerprint density at radius 2 is 2.17 bits per heavy atom. The number of hydrogen-bond donors (Lipinski definition) is 5. The van der Waals surface area contributed by atoms with Crippen molar-refractivity contribution in [3.05, 3.63) is 0 Å². The third kappa shape index (κ3) is 5.03. The lowest BCUT2D eigenvalue weighted by molar-refractivity contribution is -0.140. The van der Waals surface area contributed by atoms with Crippen LogP contribution < -0.4 is 16.2 Å². The maximum Gasteiger partial charge on any atom is 0.324 e. The summed E-state index contributed by atoms with van der Waals surface area (Å²) in [4.78, 5) is 10.3. The molecule has 0 aliphatic heterocycles. The van der Waals surface area contributed by atoms with Crippen LogP contribution >= 0.6 is 0 Å². The van der Waals surface area contributed by atoms with E-state index in [0.29, 0.717) is 6.54 Å². The average Bonchev–Trinajstić information content (AvgIpc) is 2.04. The molecule has 72 valence electrons. The zero-order valence-corrected chi connectivity index (χ0v) is 7.00. The van der Waals surface area contributed by atoms with E-state index in [1.54, 1.807) is 7.05 Å². The van der Waals surface area contributed by atoms with Gasteiger partial charge in [0, 0.05) is 13.1 Å². The zero-order valence-electron chi connectivity index (χ0n) is 7.00. The minimum atomic E-state index is -1.07. The van der Waals surface area contributed by atoms with Gasteiger partial charge in [-0.25, -0.2) is 5.43 Å². The maximum atomic E-state index is 10.3. The fourth-order valence-corrected chi connectivity index (χ4v) is 0.568. The normalized spacial score (nSPS) is 12.8. The molecule has 0 radical (unpaired) electrons. The van der Waals surface area contributed by atoms with Gasteiger partial charge in [0.05, 0.1) is 6.61 Å². The predicted molar refractivity (Wildman–Crippen MR) is 43.6 cm³/mol. The molecule has 0 aliphatic carbocycles. The summed E-state index contributed by atoms with van der Waals surface area (Å²) in [6.45, 7) is 0.896. The first kappa shape index (κ1) is 11.3. The Bertz CT molecular complexity index is 131. The smallest absolute Gasteiger partial charge is 0.324 e. The summed E-state index contributed by atoms with van der Waals surface area (Å²) in [5, 5.41) is 19.9. The van der Waals surface area contributed by atoms with Gasteiger partial charge in [-0.1, -0.05) is 0 Å². The molecule has 6 heteroatoms. The lowest BCUT2D eigenvalue weighted by Gasteiger charge is -2.12. The summed E-state index contributed by atoms with van der Waals surface area (Å²) in [5.74, 6) is -1.07. The van der Waals surface area contributed by atoms with Gasteiger partial charge in [0.1, 0.15) is 6.04 Å². The van der Waals surface area contributed by atoms with E-state index in [1.807, 2.05) is 0 Å². The van der Waals surface area contributed by atoms with Crippen LogP contribution in [0.2, 0.25) is 0 Å². The van der Waals surface area contributed by atoms with Crippen molar-refractivity contribution < 1.29 is 15.0 Å². The highest BCUT2D eigenvalue weighted by molar-refractivity contribution is 5.73. The Kier molecular flexibility index (Phi) is 6.58. The molecule has 0 aromatic rings. The van der Waals surface area contributed by atoms with Crippen LogP contribution in [0.1, 0.15) is 0 Å². The highest BCUT2D eigenvalue weighted by atomic mass is 16.4. The van der Waals surface area contributed by atoms with Crippen molar-refractivity contribution in [2.24, 2.45) is 0 Å². The third-order valence-corrected chi connectivity index (χ3v) is 1.26. The van der Waals surface area contributed by atoms with Crippen LogP contribution in [0.5, 0.6) is 0 Å². The number of aliphatic hydroxyl groups is 1. The lowest BCUT2D eigenvalue weighted by atomic mass is 10.3. The number of carboxylic acids is 1. The number of likely N-dealkylation sites (N-methyl/N-ethyl adjacent to an activating group) is 1. The fraction of sp³-hybridized carbons (Fsp3) is 0.833. The topological polar surface area (TPSA) is 93.6 Å². The van der Waals surface area contributed by atoms with E-state index in [9.17, 15) is 4.79 Å². The van der Waals surface area contributed by atoms with Crippen molar-refractivity contribution in [1.29, 1.82) is 0 Å². The van der Waals surface area contributed by atoms with E-state index in [4.69, 9.17) is 10.2 Å². The number of carboxylic acid groups (broad SMARTS) is 1. The van der Waals surface area contributed by atoms with Crippen LogP contribution in [0.25, 0.3) is 0 Å². The number of hydrogen-bond acceptors (Lipinski definition) is 5. The van der Waals surface area contributed by atoms with Crippen molar-refractivity contribution in [1.82, 2.24) is 16.2 Å². The minimum absolute atomic E-state index is 0.429. The van der Waals surface area contributed by atoms with Gasteiger partial charge in [-0.2, -0.15) is 0 Å². The molecule has 1 unspecified atom stereocenters. The molecule has 0 aromatic carbocycles. The van der Waals surface area contributed by atoms with E-state index in [1.165, 1.54) is 0 Å². The summed E-state index contributed by atoms with van der Waals surface area (Å²) in [6.07, 6.45) is 0. The molecule has 0 amide bonds. The molecule has 0 aromatic heterocycles. The second-order valence-electron chi connectivity index (χ2n) is 2.25. The number of rotatable bonds is 7. The highest BCUT2D eigenvalue weighted by Crippen LogP contribution is 1.77. The summed E-state index contributed by atoms with van der Waals surface area (Å²) < 4.78 is 0. The van der Waals surface area contributed by atoms with Gasteiger partial charge in [-0.15, -0.1) is 0 Å². The second-order valence-corrected chi connectivity index (χ2v) is 2.25. The molecular formula is C6H15N3O3. The van der Waals surface area contributed by atoms with Crippen LogP contribution in [0, 0.1) is 0 Å². The summed E-state index contributed by atoms with van der Waals surface area (Å²) >= 11 is 0. The van der Waals surface area contributed by atoms with Gasteiger partial charge < -0.3 is 15.5 Å². The van der Waals surface area contributed by atoms with E-state index in [-0.39, 0.29) is 0 Å². The lowest BCUT2D eigenvalue weighted by Crippen LogP contribution is -2.49. The van der Waals surface area contributed by atoms with Crippen molar-refractivity contribution in [2.75, 3.05) is 26.7 Å². The van der Waals surface area contributed by atoms with Gasteiger partial charge >= 0.3 is 5.97 Å². The zero-order chi connectivity index (χ0) is 9.40. The van der Waals surface area contributed by atoms with E-state index < -0.39 is 18.6 Å². The van der Waals surface area contributed by atoms with E-state index in [0.717, 1.165) is 6.54 Å². The molecule has 0 fully saturated rings. The number of aliphatic carboxylic acids is 1. The van der Waals surface area contributed by atoms with Crippen molar-refractivity contribution in [2.45, 2.75) is 6.04 Å². The van der Waals surface area contributed by atoms with E-state index >= 15 is 0 Å². The van der Waals surface area contributed by atoms with Crippen LogP contribution in [-0.2, 0) is 4.79 Å². The average molecular weight is 177 g/mol. The molecule has 0 heterocycles. The second kappa shape index (κ2) is 6.99. The molecule has 0 spiro atoms. The quantitative estimate of drug-likeness (QED) is 0.223. The maximum absolute atomic E-state index is 10.3. The van der Waals surface area contributed by atoms with Gasteiger partial charge in [0.15, 0.2) is 0 Å². The molecule has 0 saturated carbocycles. The first-order chi connectivity index (χ1) is 5.72. The van der Waals surface area contributed by atoms with E-state index in [2.05, 4.69) is 16.2 Å². The van der Waals surface area contributed by atoms with Crippen molar-refractivity contribution in [3.63, 3.8) is 0 Å². The fourth-order valence-electron chi connectivity index (χ4n) is 0.568. The summed E-state index contributed by atoms with van der Waals surface area (Å²) in [7, 11) is 1.79. The Labute approximate surface area is 70.9 Å². The molecule has 0 rings (SSSR count). The third-order valence-electron chi connectivity index (χ3n) is 1.26. The Balaban J connectivity index is 3.38. The van der Waals surface area contributed by atoms with Crippen LogP contribution in [0.3, 0.4) is 0 Å². The SMILES string of the molecule is CNCCNNC(CO)C(=O)O. The summed E-state index contributed by atoms with van der Waals surface area (Å²) in [5.41, 5.74) is 5.13. The standard InChI is InChI=1S/C6H15N3O3/c1-7-2-3-8-9-5(4-10)6(11)12/h5,7-10H,2-4H2,1H3,(H,11,12). The van der Waals surface area contributed by atoms with Crippen LogP contribution in [-0.4, -0.2) is 49.0 Å². The van der Waals surface area contributed by atoms with Crippen LogP contribution in [0.4, 0.5) is 0 Å². The van der Waals surface area contributed by atoms with Crippen molar-refractivity contribution >= 4 is 5.97 Å². The predicted octanol–water partition coefficient (Wildman–Crippen LogP) is -2.25. The number of nitrogens with one attached hydrogen (secondary N) is 3. The molecule has 0 aliphatic rings. The Morgan fingerprint density at radius 1 is 1.50 bits per heavy atom. The van der Waals surface area contributed by atoms with Gasteiger partial charge in [0.2, 0.25) is 0 Å². The highest BCUT2D eigenvalue weighted by Gasteiger charge is 2.13. The molecule has 1 atom stereocenters. The Morgan fingerprint density at radius 3 is 2.58 bits per heavy atom. The molecular weight excluding hydrogens is 162 g/mol. The van der Waals surface area contributed by atoms with Gasteiger partial charge in [-0.3, -0.25) is 10.2 Å². The molecule has 6 nitrogen and oxygen atoms in total. The summed E-state index contributed by atoms with van der Waals surface area (Å²) in [6, 6.07) is -0.943. The molecule has 0 bridgehead atoms. The van der Waals surface area contributed by atoms with Crippen molar-refractivity contribution in [3.8, 4) is 0 Å². The number of hydrazine groups is 1. The van der Waals surface area contributed by atoms with Gasteiger partial charge in [0.25, 0.3) is 0 Å². The number of aliphatic hydroxyl groups excluding tert-OH is 1. The van der Waals surface area contributed by atoms with Crippen LogP contribution in [0.15, 0.2) is 0 Å². The largest absolute Gasteiger partial charge is 0.480 e. The first-order valence-electron chi connectivity index (χ1n) is 3.69. The monoisotopic (exact) mass is 177 g/mol. The first-order valence-corrected chi connectivity index (χ1v) is 3.69. The minimum Gasteiger partial charge on any atom is -0.480 e. The molecule has 5 N–H and O–H groups in total. The number of carbonyl (C=O) groups is 1. The Hall–Kier alpha value is -0.690. The molecule has 12 heavy (non-hydrogen) atoms. The molecule has 0 saturated heterocycles.